The van der Waals surface area contributed by atoms with E-state index in [1.807, 2.05) is 35.8 Å². The summed E-state index contributed by atoms with van der Waals surface area (Å²) in [6.45, 7) is 4.74. The Balaban J connectivity index is 1.62. The topological polar surface area (TPSA) is 95.3 Å². The Kier molecular flexibility index (Phi) is 7.66. The van der Waals surface area contributed by atoms with Gasteiger partial charge in [-0.3, -0.25) is 4.79 Å². The van der Waals surface area contributed by atoms with Crippen LogP contribution in [0.3, 0.4) is 0 Å². The minimum atomic E-state index is -0.387. The van der Waals surface area contributed by atoms with Crippen molar-refractivity contribution in [2.75, 3.05) is 24.8 Å². The zero-order chi connectivity index (χ0) is 22.2. The van der Waals surface area contributed by atoms with Gasteiger partial charge < -0.3 is 19.4 Å². The molecule has 3 aromatic rings. The molecule has 0 saturated heterocycles. The monoisotopic (exact) mass is 440 g/mol. The van der Waals surface area contributed by atoms with Gasteiger partial charge in [0.1, 0.15) is 5.75 Å². The minimum absolute atomic E-state index is 0.176. The van der Waals surface area contributed by atoms with Crippen molar-refractivity contribution in [2.45, 2.75) is 25.5 Å². The Labute approximate surface area is 185 Å². The Morgan fingerprint density at radius 3 is 2.55 bits per heavy atom. The summed E-state index contributed by atoms with van der Waals surface area (Å²) in [7, 11) is 1.62. The van der Waals surface area contributed by atoms with E-state index in [-0.39, 0.29) is 17.6 Å². The largest absolute Gasteiger partial charge is 0.497 e. The molecule has 0 saturated carbocycles. The fourth-order valence-corrected chi connectivity index (χ4v) is 3.69. The molecule has 1 N–H and O–H groups in total. The Hall–Kier alpha value is -3.33. The lowest BCUT2D eigenvalue weighted by molar-refractivity contribution is -0.113. The molecule has 0 atom stereocenters. The number of nitrogens with zero attached hydrogens (tertiary/aromatic N) is 3. The van der Waals surface area contributed by atoms with Crippen LogP contribution in [0.15, 0.2) is 53.7 Å². The molecule has 162 valence electrons. The summed E-state index contributed by atoms with van der Waals surface area (Å²) >= 11 is 1.31. The number of methoxy groups -OCH3 is 1. The molecule has 9 heteroatoms. The number of carbonyl (C=O) groups is 2. The number of hydrogen-bond donors (Lipinski definition) is 1. The molecule has 0 aliphatic carbocycles. The van der Waals surface area contributed by atoms with Gasteiger partial charge in [-0.2, -0.15) is 0 Å². The van der Waals surface area contributed by atoms with Crippen LogP contribution >= 0.6 is 11.8 Å². The van der Waals surface area contributed by atoms with Crippen LogP contribution < -0.4 is 10.1 Å². The highest BCUT2D eigenvalue weighted by Gasteiger charge is 2.15. The molecule has 0 spiro atoms. The molecular formula is C22H24N4O4S. The van der Waals surface area contributed by atoms with Crippen LogP contribution in [0.25, 0.3) is 11.4 Å². The number of nitrogens with one attached hydrogen (secondary N) is 1. The average molecular weight is 441 g/mol. The van der Waals surface area contributed by atoms with E-state index >= 15 is 0 Å². The van der Waals surface area contributed by atoms with Gasteiger partial charge in [0.25, 0.3) is 0 Å². The van der Waals surface area contributed by atoms with E-state index in [9.17, 15) is 9.59 Å². The molecular weight excluding hydrogens is 416 g/mol. The van der Waals surface area contributed by atoms with Crippen LogP contribution in [0.1, 0.15) is 24.2 Å². The van der Waals surface area contributed by atoms with Gasteiger partial charge in [0.2, 0.25) is 5.91 Å². The highest BCUT2D eigenvalue weighted by molar-refractivity contribution is 7.99. The van der Waals surface area contributed by atoms with Crippen LogP contribution in [0.4, 0.5) is 5.69 Å². The summed E-state index contributed by atoms with van der Waals surface area (Å²) in [4.78, 5) is 24.1. The number of thioether (sulfide) groups is 1. The quantitative estimate of drug-likeness (QED) is 0.398. The second-order valence-corrected chi connectivity index (χ2v) is 7.36. The maximum Gasteiger partial charge on any atom is 0.338 e. The lowest BCUT2D eigenvalue weighted by Gasteiger charge is -2.09. The van der Waals surface area contributed by atoms with Gasteiger partial charge >= 0.3 is 5.97 Å². The van der Waals surface area contributed by atoms with Crippen LogP contribution in [0.2, 0.25) is 0 Å². The van der Waals surface area contributed by atoms with E-state index in [1.165, 1.54) is 11.8 Å². The van der Waals surface area contributed by atoms with E-state index in [0.717, 1.165) is 17.1 Å². The van der Waals surface area contributed by atoms with Gasteiger partial charge in [0.15, 0.2) is 11.0 Å². The van der Waals surface area contributed by atoms with Gasteiger partial charge in [0, 0.05) is 17.8 Å². The van der Waals surface area contributed by atoms with Gasteiger partial charge in [0.05, 0.1) is 25.0 Å². The first-order chi connectivity index (χ1) is 15.0. The predicted molar refractivity (Wildman–Crippen MR) is 119 cm³/mol. The van der Waals surface area contributed by atoms with Gasteiger partial charge in [-0.1, -0.05) is 23.9 Å². The summed E-state index contributed by atoms with van der Waals surface area (Å²) in [5.41, 5.74) is 1.94. The molecule has 1 aromatic heterocycles. The second-order valence-electron chi connectivity index (χ2n) is 6.42. The fraction of sp³-hybridized carbons (Fsp3) is 0.273. The van der Waals surface area contributed by atoms with E-state index < -0.39 is 0 Å². The van der Waals surface area contributed by atoms with E-state index in [2.05, 4.69) is 15.5 Å². The van der Waals surface area contributed by atoms with Crippen molar-refractivity contribution in [1.29, 1.82) is 0 Å². The zero-order valence-electron chi connectivity index (χ0n) is 17.6. The Bertz CT molecular complexity index is 1050. The first kappa shape index (κ1) is 22.4. The number of hydrogen-bond acceptors (Lipinski definition) is 7. The lowest BCUT2D eigenvalue weighted by atomic mass is 10.2. The first-order valence-corrected chi connectivity index (χ1v) is 10.8. The SMILES string of the molecule is CCOC(=O)c1ccc(NC(=O)CSc2nnc(-c3cccc(OC)c3)n2CC)cc1. The molecule has 3 rings (SSSR count). The number of amides is 1. The standard InChI is InChI=1S/C22H24N4O4S/c1-4-26-20(16-7-6-8-18(13-16)29-3)24-25-22(26)31-14-19(27)23-17-11-9-15(10-12-17)21(28)30-5-2/h6-13H,4-5,14H2,1-3H3,(H,23,27). The van der Waals surface area contributed by atoms with Crippen LogP contribution in [-0.2, 0) is 16.1 Å². The molecule has 2 aromatic carbocycles. The summed E-state index contributed by atoms with van der Waals surface area (Å²) in [6.07, 6.45) is 0. The lowest BCUT2D eigenvalue weighted by Crippen LogP contribution is -2.15. The number of benzene rings is 2. The van der Waals surface area contributed by atoms with Crippen LogP contribution in [-0.4, -0.2) is 46.1 Å². The van der Waals surface area contributed by atoms with Crippen molar-refractivity contribution in [3.63, 3.8) is 0 Å². The third-order valence-corrected chi connectivity index (χ3v) is 5.34. The smallest absolute Gasteiger partial charge is 0.338 e. The number of aromatic nitrogens is 3. The molecule has 0 radical (unpaired) electrons. The van der Waals surface area contributed by atoms with Crippen molar-refractivity contribution >= 4 is 29.3 Å². The number of rotatable bonds is 9. The fourth-order valence-electron chi connectivity index (χ4n) is 2.89. The van der Waals surface area contributed by atoms with E-state index in [0.29, 0.717) is 29.6 Å². The normalized spacial score (nSPS) is 10.5. The molecule has 1 heterocycles. The number of esters is 1. The molecule has 0 aliphatic rings. The average Bonchev–Trinajstić information content (AvgIpc) is 3.21. The molecule has 8 nitrogen and oxygen atoms in total. The zero-order valence-corrected chi connectivity index (χ0v) is 18.4. The molecule has 0 aliphatic heterocycles. The summed E-state index contributed by atoms with van der Waals surface area (Å²) in [5, 5.41) is 12.0. The summed E-state index contributed by atoms with van der Waals surface area (Å²) < 4.78 is 12.2. The third kappa shape index (κ3) is 5.64. The number of ether oxygens (including phenoxy) is 2. The highest BCUT2D eigenvalue weighted by Crippen LogP contribution is 2.26. The van der Waals surface area contributed by atoms with Crippen molar-refractivity contribution in [2.24, 2.45) is 0 Å². The molecule has 31 heavy (non-hydrogen) atoms. The number of carbonyl (C=O) groups excluding carboxylic acids is 2. The molecule has 0 unspecified atom stereocenters. The maximum absolute atomic E-state index is 12.4. The summed E-state index contributed by atoms with van der Waals surface area (Å²) in [5.74, 6) is 1.07. The van der Waals surface area contributed by atoms with Gasteiger partial charge in [-0.15, -0.1) is 10.2 Å². The first-order valence-electron chi connectivity index (χ1n) is 9.83. The second kappa shape index (κ2) is 10.6. The number of anilines is 1. The van der Waals surface area contributed by atoms with E-state index in [4.69, 9.17) is 9.47 Å². The maximum atomic E-state index is 12.4. The Morgan fingerprint density at radius 1 is 1.10 bits per heavy atom. The minimum Gasteiger partial charge on any atom is -0.497 e. The van der Waals surface area contributed by atoms with E-state index in [1.54, 1.807) is 38.3 Å². The predicted octanol–water partition coefficient (Wildman–Crippen LogP) is 3.88. The van der Waals surface area contributed by atoms with Crippen molar-refractivity contribution in [3.05, 3.63) is 54.1 Å². The molecule has 1 amide bonds. The van der Waals surface area contributed by atoms with Crippen molar-refractivity contribution < 1.29 is 19.1 Å². The summed E-state index contributed by atoms with van der Waals surface area (Å²) in [6, 6.07) is 14.2. The van der Waals surface area contributed by atoms with Crippen LogP contribution in [0, 0.1) is 0 Å². The van der Waals surface area contributed by atoms with Crippen molar-refractivity contribution in [3.8, 4) is 17.1 Å². The molecule has 0 fully saturated rings. The Morgan fingerprint density at radius 2 is 1.87 bits per heavy atom. The van der Waals surface area contributed by atoms with Crippen LogP contribution in [0.5, 0.6) is 5.75 Å². The van der Waals surface area contributed by atoms with Gasteiger partial charge in [-0.05, 0) is 50.2 Å². The third-order valence-electron chi connectivity index (χ3n) is 4.37. The van der Waals surface area contributed by atoms with Gasteiger partial charge in [-0.25, -0.2) is 4.79 Å². The van der Waals surface area contributed by atoms with Crippen molar-refractivity contribution in [1.82, 2.24) is 14.8 Å². The highest BCUT2D eigenvalue weighted by atomic mass is 32.2. The molecule has 0 bridgehead atoms.